The van der Waals surface area contributed by atoms with E-state index >= 15 is 0 Å². The minimum Gasteiger partial charge on any atom is -0.365 e. The van der Waals surface area contributed by atoms with Crippen LogP contribution >= 0.6 is 11.6 Å². The first kappa shape index (κ1) is 19.8. The summed E-state index contributed by atoms with van der Waals surface area (Å²) in [7, 11) is 0. The van der Waals surface area contributed by atoms with Crippen molar-refractivity contribution >= 4 is 23.2 Å². The van der Waals surface area contributed by atoms with Gasteiger partial charge in [0.05, 0.1) is 17.8 Å². The summed E-state index contributed by atoms with van der Waals surface area (Å²) >= 11 is 6.27. The highest BCUT2D eigenvalue weighted by Crippen LogP contribution is 2.28. The number of alkyl halides is 3. The van der Waals surface area contributed by atoms with Crippen LogP contribution in [0.3, 0.4) is 0 Å². The molecular weight excluding hydrogens is 393 g/mol. The average Bonchev–Trinajstić information content (AvgIpc) is 2.68. The molecule has 0 aliphatic heterocycles. The standard InChI is InChI=1S/C18H16ClF3N6/c1-11-15(19)17(28-16(27-11)13-4-2-3-7-23-13)25-9-8-24-14-6-5-12(10-26-14)18(20,21)22/h2-7,10H,8-9H2,1H3,(H,24,26)(H,25,27,28)/p+1. The number of rotatable bonds is 6. The molecule has 3 aromatic rings. The zero-order valence-corrected chi connectivity index (χ0v) is 15.6. The third-order valence-corrected chi connectivity index (χ3v) is 4.24. The van der Waals surface area contributed by atoms with Gasteiger partial charge in [-0.15, -0.1) is 0 Å². The highest BCUT2D eigenvalue weighted by atomic mass is 35.5. The normalized spacial score (nSPS) is 11.3. The summed E-state index contributed by atoms with van der Waals surface area (Å²) in [5.74, 6) is 1.39. The van der Waals surface area contributed by atoms with Crippen molar-refractivity contribution < 1.29 is 18.2 Å². The average molecular weight is 410 g/mol. The quantitative estimate of drug-likeness (QED) is 0.604. The first-order valence-electron chi connectivity index (χ1n) is 8.37. The topological polar surface area (TPSA) is 76.9 Å². The molecule has 3 rings (SSSR count). The van der Waals surface area contributed by atoms with Gasteiger partial charge in [-0.2, -0.15) is 13.2 Å². The lowest BCUT2D eigenvalue weighted by Crippen LogP contribution is -2.21. The Hall–Kier alpha value is -2.94. The highest BCUT2D eigenvalue weighted by molar-refractivity contribution is 6.33. The number of pyridine rings is 2. The van der Waals surface area contributed by atoms with Crippen molar-refractivity contribution in [2.45, 2.75) is 13.1 Å². The molecule has 0 aliphatic rings. The summed E-state index contributed by atoms with van der Waals surface area (Å²) in [5.41, 5.74) is 0.508. The van der Waals surface area contributed by atoms with Gasteiger partial charge in [0.25, 0.3) is 5.82 Å². The zero-order chi connectivity index (χ0) is 20.1. The van der Waals surface area contributed by atoms with Gasteiger partial charge >= 0.3 is 6.18 Å². The molecule has 0 fully saturated rings. The van der Waals surface area contributed by atoms with Gasteiger partial charge in [0.1, 0.15) is 29.3 Å². The van der Waals surface area contributed by atoms with Gasteiger partial charge in [-0.25, -0.2) is 15.0 Å². The van der Waals surface area contributed by atoms with E-state index in [4.69, 9.17) is 11.6 Å². The molecule has 0 radical (unpaired) electrons. The zero-order valence-electron chi connectivity index (χ0n) is 14.8. The molecule has 0 spiro atoms. The van der Waals surface area contributed by atoms with Gasteiger partial charge in [-0.05, 0) is 25.1 Å². The largest absolute Gasteiger partial charge is 0.419 e. The smallest absolute Gasteiger partial charge is 0.365 e. The fourth-order valence-electron chi connectivity index (χ4n) is 2.38. The minimum atomic E-state index is -4.37. The summed E-state index contributed by atoms with van der Waals surface area (Å²) in [4.78, 5) is 15.6. The van der Waals surface area contributed by atoms with Crippen molar-refractivity contribution in [2.24, 2.45) is 0 Å². The molecule has 0 amide bonds. The van der Waals surface area contributed by atoms with Crippen LogP contribution in [0, 0.1) is 6.92 Å². The van der Waals surface area contributed by atoms with Crippen molar-refractivity contribution in [2.75, 3.05) is 23.7 Å². The van der Waals surface area contributed by atoms with Crippen molar-refractivity contribution in [3.63, 3.8) is 0 Å². The maximum atomic E-state index is 12.6. The monoisotopic (exact) mass is 409 g/mol. The molecule has 6 nitrogen and oxygen atoms in total. The number of nitrogens with one attached hydrogen (secondary N) is 3. The van der Waals surface area contributed by atoms with E-state index < -0.39 is 11.7 Å². The second kappa shape index (κ2) is 8.39. The van der Waals surface area contributed by atoms with Crippen LogP contribution in [-0.4, -0.2) is 28.0 Å². The van der Waals surface area contributed by atoms with E-state index in [9.17, 15) is 13.2 Å². The Morgan fingerprint density at radius 1 is 1.07 bits per heavy atom. The van der Waals surface area contributed by atoms with Gasteiger partial charge in [-0.3, -0.25) is 10.3 Å². The molecular formula is C18H17ClF3N6+. The van der Waals surface area contributed by atoms with Crippen LogP contribution in [0.2, 0.25) is 5.02 Å². The van der Waals surface area contributed by atoms with Gasteiger partial charge in [-0.1, -0.05) is 17.7 Å². The highest BCUT2D eigenvalue weighted by Gasteiger charge is 2.31. The van der Waals surface area contributed by atoms with Gasteiger partial charge < -0.3 is 5.32 Å². The van der Waals surface area contributed by atoms with Gasteiger partial charge in [0.2, 0.25) is 0 Å². The van der Waals surface area contributed by atoms with Crippen LogP contribution < -0.4 is 15.6 Å². The van der Waals surface area contributed by atoms with Crippen molar-refractivity contribution in [1.82, 2.24) is 15.0 Å². The molecule has 28 heavy (non-hydrogen) atoms. The predicted molar refractivity (Wildman–Crippen MR) is 100.0 cm³/mol. The molecule has 3 aromatic heterocycles. The molecule has 3 heterocycles. The number of anilines is 2. The van der Waals surface area contributed by atoms with Crippen LogP contribution in [0.1, 0.15) is 11.3 Å². The fourth-order valence-corrected chi connectivity index (χ4v) is 2.53. The van der Waals surface area contributed by atoms with E-state index in [-0.39, 0.29) is 0 Å². The third-order valence-electron chi connectivity index (χ3n) is 3.78. The Kier molecular flexibility index (Phi) is 5.93. The molecule has 0 bridgehead atoms. The summed E-state index contributed by atoms with van der Waals surface area (Å²) in [6, 6.07) is 7.79. The second-order valence-corrected chi connectivity index (χ2v) is 6.23. The van der Waals surface area contributed by atoms with Crippen LogP contribution in [-0.2, 0) is 6.18 Å². The van der Waals surface area contributed by atoms with E-state index in [1.54, 1.807) is 25.3 Å². The van der Waals surface area contributed by atoms with Crippen LogP contribution in [0.25, 0.3) is 11.5 Å². The lowest BCUT2D eigenvalue weighted by Gasteiger charge is -2.10. The Bertz CT molecular complexity index is 933. The van der Waals surface area contributed by atoms with Crippen molar-refractivity contribution in [1.29, 1.82) is 0 Å². The summed E-state index contributed by atoms with van der Waals surface area (Å²) in [5, 5.41) is 6.50. The lowest BCUT2D eigenvalue weighted by atomic mass is 10.3. The van der Waals surface area contributed by atoms with Crippen LogP contribution in [0.4, 0.5) is 24.8 Å². The molecule has 10 heteroatoms. The fraction of sp³-hybridized carbons (Fsp3) is 0.222. The Morgan fingerprint density at radius 2 is 1.86 bits per heavy atom. The summed E-state index contributed by atoms with van der Waals surface area (Å²) < 4.78 is 37.7. The molecule has 0 saturated heterocycles. The molecule has 146 valence electrons. The number of H-pyrrole nitrogens is 1. The van der Waals surface area contributed by atoms with E-state index in [1.807, 2.05) is 6.07 Å². The van der Waals surface area contributed by atoms with Gasteiger partial charge in [0.15, 0.2) is 5.82 Å². The Balaban J connectivity index is 1.61. The van der Waals surface area contributed by atoms with E-state index in [0.29, 0.717) is 47.0 Å². The maximum absolute atomic E-state index is 12.6. The van der Waals surface area contributed by atoms with Crippen molar-refractivity contribution in [3.8, 4) is 11.5 Å². The van der Waals surface area contributed by atoms with E-state index in [2.05, 4.69) is 30.6 Å². The number of aromatic nitrogens is 4. The molecule has 0 atom stereocenters. The molecule has 0 aliphatic carbocycles. The molecule has 0 aromatic carbocycles. The van der Waals surface area contributed by atoms with Crippen LogP contribution in [0.5, 0.6) is 0 Å². The third kappa shape index (κ3) is 4.86. The molecule has 0 unspecified atom stereocenters. The van der Waals surface area contributed by atoms with E-state index in [1.165, 1.54) is 6.07 Å². The Morgan fingerprint density at radius 3 is 2.50 bits per heavy atom. The first-order chi connectivity index (χ1) is 13.3. The number of hydrogen-bond donors (Lipinski definition) is 2. The number of nitrogens with zero attached hydrogens (tertiary/aromatic N) is 3. The second-order valence-electron chi connectivity index (χ2n) is 5.85. The number of aromatic amines is 1. The van der Waals surface area contributed by atoms with E-state index in [0.717, 1.165) is 12.3 Å². The van der Waals surface area contributed by atoms with Crippen molar-refractivity contribution in [3.05, 3.63) is 59.0 Å². The summed E-state index contributed by atoms with van der Waals surface area (Å²) in [6.45, 7) is 2.64. The maximum Gasteiger partial charge on any atom is 0.419 e. The van der Waals surface area contributed by atoms with Crippen LogP contribution in [0.15, 0.2) is 42.7 Å². The van der Waals surface area contributed by atoms with Gasteiger partial charge in [0, 0.05) is 12.3 Å². The predicted octanol–water partition coefficient (Wildman–Crippen LogP) is 3.86. The SMILES string of the molecule is Cc1nc(-c2ccccn2)nc(NCCNc2ccc(C(F)(F)F)c[nH+]2)c1Cl. The number of aryl methyl sites for hydroxylation is 1. The Labute approximate surface area is 164 Å². The first-order valence-corrected chi connectivity index (χ1v) is 8.74. The lowest BCUT2D eigenvalue weighted by molar-refractivity contribution is -0.364. The molecule has 3 N–H and O–H groups in total. The number of halogens is 4. The molecule has 0 saturated carbocycles. The number of hydrogen-bond acceptors (Lipinski definition) is 5. The minimum absolute atomic E-state index is 0.403. The summed E-state index contributed by atoms with van der Waals surface area (Å²) in [6.07, 6.45) is -1.80.